The zero-order valence-corrected chi connectivity index (χ0v) is 51.8. The van der Waals surface area contributed by atoms with E-state index in [1.54, 1.807) is 6.08 Å². The Labute approximate surface area is 508 Å². The van der Waals surface area contributed by atoms with Gasteiger partial charge in [-0.2, -0.15) is 0 Å². The van der Waals surface area contributed by atoms with E-state index in [-0.39, 0.29) is 18.9 Å². The van der Waals surface area contributed by atoms with Gasteiger partial charge in [0.2, 0.25) is 5.91 Å². The molecule has 0 aromatic carbocycles. The number of allylic oxidation sites excluding steroid dienone is 19. The van der Waals surface area contributed by atoms with E-state index in [0.717, 1.165) is 89.9 Å². The molecule has 9 N–H and O–H groups in total. The van der Waals surface area contributed by atoms with Crippen LogP contribution in [0.2, 0.25) is 0 Å². The second kappa shape index (κ2) is 53.6. The smallest absolute Gasteiger partial charge is 0.220 e. The molecule has 1 amide bonds. The van der Waals surface area contributed by atoms with Crippen molar-refractivity contribution in [2.75, 3.05) is 19.8 Å². The summed E-state index contributed by atoms with van der Waals surface area (Å²) in [6, 6.07) is -0.956. The summed E-state index contributed by atoms with van der Waals surface area (Å²) in [4.78, 5) is 13.3. The molecule has 14 heteroatoms. The Morgan fingerprint density at radius 2 is 0.833 bits per heavy atom. The van der Waals surface area contributed by atoms with Crippen LogP contribution in [0.4, 0.5) is 0 Å². The van der Waals surface area contributed by atoms with E-state index in [4.69, 9.17) is 18.9 Å². The lowest BCUT2D eigenvalue weighted by Gasteiger charge is -2.46. The predicted octanol–water partition coefficient (Wildman–Crippen LogP) is 12.6. The summed E-state index contributed by atoms with van der Waals surface area (Å²) in [6.45, 7) is 2.65. The molecule has 0 aromatic heterocycles. The normalized spacial score (nSPS) is 24.5. The Hall–Kier alpha value is -3.61. The van der Waals surface area contributed by atoms with Crippen LogP contribution in [-0.4, -0.2) is 140 Å². The van der Waals surface area contributed by atoms with Crippen LogP contribution in [0.5, 0.6) is 0 Å². The van der Waals surface area contributed by atoms with Gasteiger partial charge < -0.3 is 65.1 Å². The number of nitrogens with one attached hydrogen (secondary N) is 1. The first-order valence-corrected chi connectivity index (χ1v) is 32.8. The van der Waals surface area contributed by atoms with Crippen molar-refractivity contribution in [1.82, 2.24) is 5.32 Å². The maximum absolute atomic E-state index is 13.3. The molecule has 84 heavy (non-hydrogen) atoms. The molecule has 14 nitrogen and oxygen atoms in total. The predicted molar refractivity (Wildman–Crippen MR) is 341 cm³/mol. The molecule has 0 saturated carbocycles. The fourth-order valence-electron chi connectivity index (χ4n) is 9.91. The third-order valence-corrected chi connectivity index (χ3v) is 15.1. The molecular formula is C70H117NO13. The molecule has 12 unspecified atom stereocenters. The van der Waals surface area contributed by atoms with E-state index in [0.29, 0.717) is 12.8 Å². The second-order valence-corrected chi connectivity index (χ2v) is 22.5. The summed E-state index contributed by atoms with van der Waals surface area (Å²) in [6.07, 6.45) is 60.9. The number of hydrogen-bond donors (Lipinski definition) is 9. The summed E-state index contributed by atoms with van der Waals surface area (Å²) in [5.74, 6) is -0.278. The zero-order chi connectivity index (χ0) is 60.9. The third kappa shape index (κ3) is 37.8. The van der Waals surface area contributed by atoms with Crippen LogP contribution in [0.3, 0.4) is 0 Å². The van der Waals surface area contributed by atoms with E-state index >= 15 is 0 Å². The summed E-state index contributed by atoms with van der Waals surface area (Å²) >= 11 is 0. The molecule has 2 saturated heterocycles. The van der Waals surface area contributed by atoms with Gasteiger partial charge in [-0.05, 0) is 96.3 Å². The summed E-state index contributed by atoms with van der Waals surface area (Å²) in [5, 5.41) is 87.3. The Kier molecular flexibility index (Phi) is 48.8. The molecular weight excluding hydrogens is 1060 g/mol. The molecule has 0 radical (unpaired) electrons. The fourth-order valence-corrected chi connectivity index (χ4v) is 9.91. The first-order valence-electron chi connectivity index (χ1n) is 32.8. The Bertz CT molecular complexity index is 1870. The molecule has 0 spiro atoms. The van der Waals surface area contributed by atoms with Crippen LogP contribution in [0.15, 0.2) is 122 Å². The van der Waals surface area contributed by atoms with Crippen LogP contribution in [0, 0.1) is 0 Å². The minimum absolute atomic E-state index is 0.235. The number of ether oxygens (including phenoxy) is 4. The number of hydrogen-bond acceptors (Lipinski definition) is 13. The number of unbranched alkanes of at least 4 members (excludes halogenated alkanes) is 20. The molecule has 2 rings (SSSR count). The number of aliphatic hydroxyl groups is 8. The Morgan fingerprint density at radius 1 is 0.440 bits per heavy atom. The monoisotopic (exact) mass is 1180 g/mol. The van der Waals surface area contributed by atoms with E-state index < -0.39 is 86.8 Å². The Morgan fingerprint density at radius 3 is 1.31 bits per heavy atom. The van der Waals surface area contributed by atoms with Crippen molar-refractivity contribution in [1.29, 1.82) is 0 Å². The van der Waals surface area contributed by atoms with Crippen LogP contribution >= 0.6 is 0 Å². The van der Waals surface area contributed by atoms with Crippen LogP contribution in [0.25, 0.3) is 0 Å². The average molecular weight is 1180 g/mol. The number of carbonyl (C=O) groups is 1. The maximum Gasteiger partial charge on any atom is 0.220 e. The summed E-state index contributed by atoms with van der Waals surface area (Å²) < 4.78 is 22.8. The summed E-state index contributed by atoms with van der Waals surface area (Å²) in [5.41, 5.74) is 0. The lowest BCUT2D eigenvalue weighted by atomic mass is 9.97. The van der Waals surface area contributed by atoms with Crippen molar-refractivity contribution >= 4 is 5.91 Å². The van der Waals surface area contributed by atoms with Gasteiger partial charge in [-0.15, -0.1) is 0 Å². The van der Waals surface area contributed by atoms with Gasteiger partial charge >= 0.3 is 0 Å². The molecule has 2 aliphatic heterocycles. The van der Waals surface area contributed by atoms with E-state index in [9.17, 15) is 45.6 Å². The lowest BCUT2D eigenvalue weighted by molar-refractivity contribution is -0.359. The molecule has 0 aromatic rings. The van der Waals surface area contributed by atoms with Crippen molar-refractivity contribution < 1.29 is 64.6 Å². The van der Waals surface area contributed by atoms with Gasteiger partial charge in [-0.1, -0.05) is 238 Å². The van der Waals surface area contributed by atoms with E-state index in [1.165, 1.54) is 96.3 Å². The van der Waals surface area contributed by atoms with Crippen LogP contribution in [-0.2, 0) is 23.7 Å². The average Bonchev–Trinajstić information content (AvgIpc) is 3.24. The van der Waals surface area contributed by atoms with Crippen molar-refractivity contribution in [3.8, 4) is 0 Å². The topological polar surface area (TPSA) is 228 Å². The molecule has 2 heterocycles. The second-order valence-electron chi connectivity index (χ2n) is 22.5. The molecule has 2 fully saturated rings. The van der Waals surface area contributed by atoms with Gasteiger partial charge in [0.1, 0.15) is 48.8 Å². The van der Waals surface area contributed by atoms with Crippen molar-refractivity contribution in [2.24, 2.45) is 0 Å². The van der Waals surface area contributed by atoms with Crippen LogP contribution < -0.4 is 5.32 Å². The summed E-state index contributed by atoms with van der Waals surface area (Å²) in [7, 11) is 0. The third-order valence-electron chi connectivity index (χ3n) is 15.1. The number of aliphatic hydroxyl groups excluding tert-OH is 8. The molecule has 480 valence electrons. The molecule has 0 bridgehead atoms. The molecule has 0 aliphatic carbocycles. The minimum Gasteiger partial charge on any atom is -0.394 e. The van der Waals surface area contributed by atoms with Gasteiger partial charge in [0.05, 0.1) is 32.0 Å². The van der Waals surface area contributed by atoms with Crippen LogP contribution in [0.1, 0.15) is 219 Å². The number of carbonyl (C=O) groups excluding carboxylic acids is 1. The largest absolute Gasteiger partial charge is 0.394 e. The first-order chi connectivity index (χ1) is 41.1. The number of rotatable bonds is 51. The van der Waals surface area contributed by atoms with Gasteiger partial charge in [0, 0.05) is 6.42 Å². The number of amides is 1. The van der Waals surface area contributed by atoms with Gasteiger partial charge in [-0.25, -0.2) is 0 Å². The quantitative estimate of drug-likeness (QED) is 0.0204. The van der Waals surface area contributed by atoms with Gasteiger partial charge in [0.15, 0.2) is 12.6 Å². The van der Waals surface area contributed by atoms with Crippen molar-refractivity contribution in [3.05, 3.63) is 122 Å². The van der Waals surface area contributed by atoms with Gasteiger partial charge in [0.25, 0.3) is 0 Å². The highest BCUT2D eigenvalue weighted by atomic mass is 16.7. The minimum atomic E-state index is -1.80. The standard InChI is InChI=1S/C70H117NO13/c1-3-5-7-9-11-13-15-17-19-21-23-25-26-27-28-29-30-31-32-34-36-38-40-42-44-46-48-50-52-54-62(75)71-58(59(74)53-51-49-47-45-43-41-39-37-35-33-24-22-20-18-16-14-12-10-8-6-4-2)57-81-69-67(80)65(78)68(61(56-73)83-69)84-70-66(79)64(77)63(76)60(55-72)82-70/h5,7,11,13,17,19,23,25,27-28,30-31,34,36,40,42-43,45,51,53,58-61,63-70,72-74,76-80H,3-4,6,8-10,12,14-16,18,20-22,24,26,29,32-33,35,37-39,41,44,46-50,52,54-57H2,1-2H3,(H,71,75)/b7-5-,13-11-,19-17-,25-23-,28-27-,31-30-,36-34-,42-40-,45-43+,53-51+. The van der Waals surface area contributed by atoms with Gasteiger partial charge in [-0.3, -0.25) is 4.79 Å². The van der Waals surface area contributed by atoms with Crippen molar-refractivity contribution in [3.63, 3.8) is 0 Å². The maximum atomic E-state index is 13.3. The molecule has 2 aliphatic rings. The van der Waals surface area contributed by atoms with E-state index in [2.05, 4.69) is 129 Å². The zero-order valence-electron chi connectivity index (χ0n) is 51.8. The highest BCUT2D eigenvalue weighted by molar-refractivity contribution is 5.76. The molecule has 12 atom stereocenters. The first kappa shape index (κ1) is 76.5. The highest BCUT2D eigenvalue weighted by Crippen LogP contribution is 2.30. The van der Waals surface area contributed by atoms with Crippen molar-refractivity contribution in [2.45, 2.75) is 293 Å². The SMILES string of the molecule is CC/C=C\C/C=C\C/C=C\C/C=C\C/C=C\C/C=C\C/C=C\C/C=C\CCCCCCC(=O)NC(COC1OC(CO)C(OC2OC(CO)C(O)C(O)C2O)C(O)C1O)C(O)/C=C/CC/C=C/CCCCCCCCCCCCCCCCC. The lowest BCUT2D eigenvalue weighted by Crippen LogP contribution is -2.65. The Balaban J connectivity index is 1.76. The fraction of sp³-hybridized carbons (Fsp3) is 0.700. The van der Waals surface area contributed by atoms with E-state index in [1.807, 2.05) is 6.08 Å². The highest BCUT2D eigenvalue weighted by Gasteiger charge is 2.51.